The highest BCUT2D eigenvalue weighted by molar-refractivity contribution is 5.79. The van der Waals surface area contributed by atoms with Gasteiger partial charge in [0, 0.05) is 19.3 Å². The number of H-pyrrole nitrogens is 1. The number of fused-ring (bicyclic) bond motifs is 1. The molecule has 2 rings (SSSR count). The fraction of sp³-hybridized carbons (Fsp3) is 0.364. The first-order chi connectivity index (χ1) is 6.61. The molecule has 2 aromatic rings. The van der Waals surface area contributed by atoms with Gasteiger partial charge in [0.15, 0.2) is 0 Å². The lowest BCUT2D eigenvalue weighted by Gasteiger charge is -2.05. The predicted octanol–water partition coefficient (Wildman–Crippen LogP) is 1.99. The number of aryl methyl sites for hydroxylation is 1. The molecule has 1 N–H and O–H groups in total. The van der Waals surface area contributed by atoms with E-state index < -0.39 is 0 Å². The number of aromatic nitrogens is 2. The molecule has 0 aliphatic carbocycles. The smallest absolute Gasteiger partial charge is 0.250 e. The van der Waals surface area contributed by atoms with Crippen LogP contribution in [0.1, 0.15) is 25.3 Å². The average Bonchev–Trinajstić information content (AvgIpc) is 2.55. The molecule has 0 saturated heterocycles. The van der Waals surface area contributed by atoms with Gasteiger partial charge >= 0.3 is 0 Å². The first-order valence-corrected chi connectivity index (χ1v) is 4.78. The first kappa shape index (κ1) is 9.06. The molecule has 0 spiro atoms. The van der Waals surface area contributed by atoms with E-state index in [1.54, 1.807) is 10.6 Å². The zero-order chi connectivity index (χ0) is 10.3. The Hall–Kier alpha value is -1.51. The number of nitrogens with one attached hydrogen (secondary N) is 1. The van der Waals surface area contributed by atoms with Crippen LogP contribution in [0.4, 0.5) is 0 Å². The maximum Gasteiger partial charge on any atom is 0.250 e. The molecule has 2 heterocycles. The van der Waals surface area contributed by atoms with E-state index in [9.17, 15) is 4.79 Å². The molecule has 14 heavy (non-hydrogen) atoms. The van der Waals surface area contributed by atoms with E-state index in [-0.39, 0.29) is 5.56 Å². The fourth-order valence-corrected chi connectivity index (χ4v) is 1.77. The van der Waals surface area contributed by atoms with Gasteiger partial charge in [-0.1, -0.05) is 13.8 Å². The Labute approximate surface area is 82.4 Å². The van der Waals surface area contributed by atoms with Gasteiger partial charge in [-0.15, -0.1) is 0 Å². The Kier molecular flexibility index (Phi) is 1.95. The maximum atomic E-state index is 11.5. The lowest BCUT2D eigenvalue weighted by atomic mass is 10.1. The van der Waals surface area contributed by atoms with Crippen molar-refractivity contribution in [2.24, 2.45) is 7.05 Å². The third-order valence-corrected chi connectivity index (χ3v) is 2.59. The summed E-state index contributed by atoms with van der Waals surface area (Å²) in [6, 6.07) is 3.42. The molecule has 0 bridgehead atoms. The van der Waals surface area contributed by atoms with Crippen molar-refractivity contribution in [3.8, 4) is 0 Å². The summed E-state index contributed by atoms with van der Waals surface area (Å²) in [6.45, 7) is 4.25. The van der Waals surface area contributed by atoms with Crippen molar-refractivity contribution in [1.82, 2.24) is 9.55 Å². The van der Waals surface area contributed by atoms with Gasteiger partial charge in [0.25, 0.3) is 5.56 Å². The van der Waals surface area contributed by atoms with E-state index in [0.29, 0.717) is 5.92 Å². The van der Waals surface area contributed by atoms with Crippen LogP contribution in [-0.4, -0.2) is 9.55 Å². The van der Waals surface area contributed by atoms with Crippen molar-refractivity contribution in [2.45, 2.75) is 19.8 Å². The number of nitrogens with zero attached hydrogens (tertiary/aromatic N) is 1. The molecule has 3 heteroatoms. The van der Waals surface area contributed by atoms with Crippen molar-refractivity contribution >= 4 is 11.0 Å². The molecule has 0 unspecified atom stereocenters. The molecule has 0 fully saturated rings. The second-order valence-corrected chi connectivity index (χ2v) is 3.89. The lowest BCUT2D eigenvalue weighted by molar-refractivity contribution is 0.844. The van der Waals surface area contributed by atoms with Crippen LogP contribution in [0.2, 0.25) is 0 Å². The first-order valence-electron chi connectivity index (χ1n) is 4.78. The molecule has 0 atom stereocenters. The Morgan fingerprint density at radius 1 is 1.36 bits per heavy atom. The van der Waals surface area contributed by atoms with Gasteiger partial charge < -0.3 is 9.55 Å². The summed E-state index contributed by atoms with van der Waals surface area (Å²) in [5.41, 5.74) is 3.28. The highest BCUT2D eigenvalue weighted by Gasteiger charge is 2.09. The SMILES string of the molecule is CC(C)c1c[nH]c2ccc(=O)n(C)c12. The van der Waals surface area contributed by atoms with Gasteiger partial charge in [-0.25, -0.2) is 0 Å². The largest absolute Gasteiger partial charge is 0.360 e. The summed E-state index contributed by atoms with van der Waals surface area (Å²) in [7, 11) is 1.81. The zero-order valence-corrected chi connectivity index (χ0v) is 8.66. The summed E-state index contributed by atoms with van der Waals surface area (Å²) in [5, 5.41) is 0. The summed E-state index contributed by atoms with van der Waals surface area (Å²) in [4.78, 5) is 14.6. The second kappa shape index (κ2) is 3.01. The monoisotopic (exact) mass is 190 g/mol. The topological polar surface area (TPSA) is 37.8 Å². The Balaban J connectivity index is 2.89. The van der Waals surface area contributed by atoms with Crippen LogP contribution in [0.5, 0.6) is 0 Å². The molecule has 3 nitrogen and oxygen atoms in total. The molecule has 2 aromatic heterocycles. The fourth-order valence-electron chi connectivity index (χ4n) is 1.77. The number of rotatable bonds is 1. The third-order valence-electron chi connectivity index (χ3n) is 2.59. The minimum Gasteiger partial charge on any atom is -0.360 e. The van der Waals surface area contributed by atoms with Gasteiger partial charge in [0.2, 0.25) is 0 Å². The number of hydrogen-bond acceptors (Lipinski definition) is 1. The Morgan fingerprint density at radius 2 is 2.07 bits per heavy atom. The van der Waals surface area contributed by atoms with Crippen LogP contribution in [-0.2, 0) is 7.05 Å². The molecule has 0 aliphatic heterocycles. The molecule has 0 radical (unpaired) electrons. The van der Waals surface area contributed by atoms with Crippen molar-refractivity contribution in [1.29, 1.82) is 0 Å². The van der Waals surface area contributed by atoms with Gasteiger partial charge in [0.1, 0.15) is 0 Å². The predicted molar refractivity (Wildman–Crippen MR) is 57.6 cm³/mol. The highest BCUT2D eigenvalue weighted by Crippen LogP contribution is 2.23. The van der Waals surface area contributed by atoms with E-state index in [0.717, 1.165) is 11.0 Å². The average molecular weight is 190 g/mol. The van der Waals surface area contributed by atoms with Gasteiger partial charge in [0.05, 0.1) is 11.0 Å². The molecule has 0 aromatic carbocycles. The molecule has 0 saturated carbocycles. The number of pyridine rings is 1. The summed E-state index contributed by atoms with van der Waals surface area (Å²) in [5.74, 6) is 0.428. The molecule has 0 amide bonds. The zero-order valence-electron chi connectivity index (χ0n) is 8.66. The summed E-state index contributed by atoms with van der Waals surface area (Å²) < 4.78 is 1.70. The maximum absolute atomic E-state index is 11.5. The van der Waals surface area contributed by atoms with E-state index in [2.05, 4.69) is 18.8 Å². The van der Waals surface area contributed by atoms with Crippen LogP contribution in [0.25, 0.3) is 11.0 Å². The van der Waals surface area contributed by atoms with Crippen LogP contribution in [0, 0.1) is 0 Å². The lowest BCUT2D eigenvalue weighted by Crippen LogP contribution is -2.15. The number of hydrogen-bond donors (Lipinski definition) is 1. The van der Waals surface area contributed by atoms with Crippen molar-refractivity contribution in [3.63, 3.8) is 0 Å². The van der Waals surface area contributed by atoms with Crippen molar-refractivity contribution < 1.29 is 0 Å². The van der Waals surface area contributed by atoms with E-state index in [1.165, 1.54) is 5.56 Å². The Morgan fingerprint density at radius 3 is 2.71 bits per heavy atom. The van der Waals surface area contributed by atoms with Crippen LogP contribution >= 0.6 is 0 Å². The molecular formula is C11H14N2O. The van der Waals surface area contributed by atoms with Crippen LogP contribution in [0.3, 0.4) is 0 Å². The third kappa shape index (κ3) is 1.16. The van der Waals surface area contributed by atoms with E-state index in [4.69, 9.17) is 0 Å². The van der Waals surface area contributed by atoms with Crippen molar-refractivity contribution in [2.75, 3.05) is 0 Å². The molecular weight excluding hydrogens is 176 g/mol. The van der Waals surface area contributed by atoms with Gasteiger partial charge in [-0.3, -0.25) is 4.79 Å². The van der Waals surface area contributed by atoms with E-state index >= 15 is 0 Å². The molecule has 74 valence electrons. The normalized spacial score (nSPS) is 11.4. The minimum atomic E-state index is 0.0407. The standard InChI is InChI=1S/C11H14N2O/c1-7(2)8-6-12-9-4-5-10(14)13(3)11(8)9/h4-7,12H,1-3H3. The van der Waals surface area contributed by atoms with Crippen LogP contribution in [0.15, 0.2) is 23.1 Å². The van der Waals surface area contributed by atoms with E-state index in [1.807, 2.05) is 19.3 Å². The van der Waals surface area contributed by atoms with Crippen molar-refractivity contribution in [3.05, 3.63) is 34.2 Å². The Bertz CT molecular complexity index is 520. The van der Waals surface area contributed by atoms with Gasteiger partial charge in [-0.2, -0.15) is 0 Å². The highest BCUT2D eigenvalue weighted by atomic mass is 16.1. The minimum absolute atomic E-state index is 0.0407. The quantitative estimate of drug-likeness (QED) is 0.733. The summed E-state index contributed by atoms with van der Waals surface area (Å²) >= 11 is 0. The molecule has 0 aliphatic rings. The van der Waals surface area contributed by atoms with Gasteiger partial charge in [-0.05, 0) is 17.5 Å². The van der Waals surface area contributed by atoms with Crippen LogP contribution < -0.4 is 5.56 Å². The second-order valence-electron chi connectivity index (χ2n) is 3.89. The number of aromatic amines is 1. The summed E-state index contributed by atoms with van der Waals surface area (Å²) in [6.07, 6.45) is 1.98.